The molecule has 4 nitrogen and oxygen atoms in total. The molecule has 0 aliphatic carbocycles. The summed E-state index contributed by atoms with van der Waals surface area (Å²) in [4.78, 5) is 5.01. The van der Waals surface area contributed by atoms with Crippen LogP contribution in [0.5, 0.6) is 5.88 Å². The minimum Gasteiger partial charge on any atom is -0.530 e. The van der Waals surface area contributed by atoms with E-state index in [2.05, 4.69) is 65.2 Å². The first kappa shape index (κ1) is 21.7. The van der Waals surface area contributed by atoms with Crippen molar-refractivity contribution in [2.75, 3.05) is 11.9 Å². The first-order valence-corrected chi connectivity index (χ1v) is 13.3. The SMILES string of the molecule is CC1(C)CNc2cc(Cc3ccc(Cl)cc3C#N)c(O[Si](C)(C)C(C)(C)C)nc21. The number of halogens is 1. The van der Waals surface area contributed by atoms with Gasteiger partial charge in [0.15, 0.2) is 0 Å². The predicted octanol–water partition coefficient (Wildman–Crippen LogP) is 6.28. The largest absolute Gasteiger partial charge is 0.530 e. The monoisotopic (exact) mass is 427 g/mol. The normalized spacial score (nSPS) is 15.4. The van der Waals surface area contributed by atoms with Crippen LogP contribution in [0.3, 0.4) is 0 Å². The Labute approximate surface area is 180 Å². The van der Waals surface area contributed by atoms with Gasteiger partial charge in [0.2, 0.25) is 5.88 Å². The molecule has 3 rings (SSSR count). The maximum Gasteiger partial charge on any atom is 0.252 e. The molecule has 1 N–H and O–H groups in total. The van der Waals surface area contributed by atoms with Gasteiger partial charge in [-0.2, -0.15) is 5.26 Å². The van der Waals surface area contributed by atoms with Crippen LogP contribution < -0.4 is 9.74 Å². The van der Waals surface area contributed by atoms with Gasteiger partial charge in [-0.1, -0.05) is 52.3 Å². The van der Waals surface area contributed by atoms with Gasteiger partial charge in [0, 0.05) is 29.0 Å². The number of benzene rings is 1. The minimum absolute atomic E-state index is 0.0442. The van der Waals surface area contributed by atoms with E-state index >= 15 is 0 Å². The van der Waals surface area contributed by atoms with Gasteiger partial charge in [0.05, 0.1) is 23.0 Å². The molecule has 6 heteroatoms. The van der Waals surface area contributed by atoms with Crippen LogP contribution in [-0.4, -0.2) is 19.8 Å². The Bertz CT molecular complexity index is 987. The topological polar surface area (TPSA) is 57.9 Å². The number of hydrogen-bond donors (Lipinski definition) is 1. The maximum atomic E-state index is 9.55. The molecule has 29 heavy (non-hydrogen) atoms. The lowest BCUT2D eigenvalue weighted by atomic mass is 9.90. The molecule has 1 aromatic carbocycles. The zero-order chi connectivity index (χ0) is 21.6. The average Bonchev–Trinajstić information content (AvgIpc) is 2.89. The van der Waals surface area contributed by atoms with E-state index in [1.54, 1.807) is 6.07 Å². The molecule has 0 saturated heterocycles. The highest BCUT2D eigenvalue weighted by Gasteiger charge is 2.41. The first-order chi connectivity index (χ1) is 13.3. The van der Waals surface area contributed by atoms with Crippen molar-refractivity contribution in [3.8, 4) is 11.9 Å². The van der Waals surface area contributed by atoms with Crippen LogP contribution in [0.4, 0.5) is 5.69 Å². The Morgan fingerprint density at radius 3 is 2.55 bits per heavy atom. The van der Waals surface area contributed by atoms with Gasteiger partial charge in [-0.15, -0.1) is 0 Å². The molecule has 2 aromatic rings. The van der Waals surface area contributed by atoms with Crippen LogP contribution in [0.25, 0.3) is 0 Å². The molecule has 0 saturated carbocycles. The second kappa shape index (κ2) is 7.34. The molecule has 2 heterocycles. The lowest BCUT2D eigenvalue weighted by molar-refractivity contribution is 0.463. The molecule has 0 amide bonds. The number of nitrogens with one attached hydrogen (secondary N) is 1. The molecule has 0 bridgehead atoms. The fourth-order valence-electron chi connectivity index (χ4n) is 3.21. The third-order valence-corrected chi connectivity index (χ3v) is 10.7. The second-order valence-electron chi connectivity index (χ2n) is 10.0. The Morgan fingerprint density at radius 1 is 1.24 bits per heavy atom. The van der Waals surface area contributed by atoms with E-state index in [-0.39, 0.29) is 10.5 Å². The molecule has 154 valence electrons. The van der Waals surface area contributed by atoms with Crippen molar-refractivity contribution in [1.82, 2.24) is 4.98 Å². The Balaban J connectivity index is 2.10. The van der Waals surface area contributed by atoms with E-state index in [9.17, 15) is 5.26 Å². The molecular formula is C23H30ClN3OSi. The molecule has 0 spiro atoms. The van der Waals surface area contributed by atoms with Gasteiger partial charge >= 0.3 is 0 Å². The number of nitrogens with zero attached hydrogens (tertiary/aromatic N) is 2. The number of aromatic nitrogens is 1. The van der Waals surface area contributed by atoms with Crippen LogP contribution in [0.15, 0.2) is 24.3 Å². The van der Waals surface area contributed by atoms with Gasteiger partial charge in [-0.25, -0.2) is 4.98 Å². The lowest BCUT2D eigenvalue weighted by Crippen LogP contribution is -2.44. The van der Waals surface area contributed by atoms with Gasteiger partial charge < -0.3 is 9.74 Å². The van der Waals surface area contributed by atoms with E-state index in [0.29, 0.717) is 22.9 Å². The Morgan fingerprint density at radius 2 is 1.93 bits per heavy atom. The summed E-state index contributed by atoms with van der Waals surface area (Å²) in [7, 11) is -2.07. The smallest absolute Gasteiger partial charge is 0.252 e. The third kappa shape index (κ3) is 4.29. The van der Waals surface area contributed by atoms with Crippen molar-refractivity contribution < 1.29 is 4.43 Å². The lowest BCUT2D eigenvalue weighted by Gasteiger charge is -2.36. The summed E-state index contributed by atoms with van der Waals surface area (Å²) in [5, 5.41) is 13.7. The highest BCUT2D eigenvalue weighted by atomic mass is 35.5. The van der Waals surface area contributed by atoms with Crippen molar-refractivity contribution in [2.24, 2.45) is 0 Å². The van der Waals surface area contributed by atoms with Crippen molar-refractivity contribution in [3.63, 3.8) is 0 Å². The van der Waals surface area contributed by atoms with Gasteiger partial charge in [0.1, 0.15) is 0 Å². The molecule has 0 radical (unpaired) electrons. The zero-order valence-corrected chi connectivity index (χ0v) is 20.2. The fourth-order valence-corrected chi connectivity index (χ4v) is 4.35. The molecule has 1 aliphatic rings. The summed E-state index contributed by atoms with van der Waals surface area (Å²) in [6.07, 6.45) is 0.576. The van der Waals surface area contributed by atoms with Crippen LogP contribution in [0.1, 0.15) is 57.0 Å². The van der Waals surface area contributed by atoms with Gasteiger partial charge in [-0.3, -0.25) is 0 Å². The van der Waals surface area contributed by atoms with Crippen LogP contribution >= 0.6 is 11.6 Å². The summed E-state index contributed by atoms with van der Waals surface area (Å²) in [6, 6.07) is 9.87. The van der Waals surface area contributed by atoms with E-state index in [1.807, 2.05) is 12.1 Å². The van der Waals surface area contributed by atoms with E-state index in [4.69, 9.17) is 21.0 Å². The van der Waals surface area contributed by atoms with E-state index in [0.717, 1.165) is 29.1 Å². The van der Waals surface area contributed by atoms with E-state index < -0.39 is 8.32 Å². The summed E-state index contributed by atoms with van der Waals surface area (Å²) >= 11 is 6.08. The van der Waals surface area contributed by atoms with Gasteiger partial charge in [-0.05, 0) is 41.9 Å². The zero-order valence-electron chi connectivity index (χ0n) is 18.4. The first-order valence-electron chi connectivity index (χ1n) is 10.00. The predicted molar refractivity (Wildman–Crippen MR) is 123 cm³/mol. The van der Waals surface area contributed by atoms with Crippen LogP contribution in [-0.2, 0) is 11.8 Å². The maximum absolute atomic E-state index is 9.55. The third-order valence-electron chi connectivity index (χ3n) is 6.15. The number of anilines is 1. The summed E-state index contributed by atoms with van der Waals surface area (Å²) in [5.41, 5.74) is 4.57. The van der Waals surface area contributed by atoms with Crippen molar-refractivity contribution >= 4 is 25.6 Å². The highest BCUT2D eigenvalue weighted by molar-refractivity contribution is 6.74. The molecule has 0 unspecified atom stereocenters. The Kier molecular flexibility index (Phi) is 5.48. The average molecular weight is 428 g/mol. The second-order valence-corrected chi connectivity index (χ2v) is 15.2. The quantitative estimate of drug-likeness (QED) is 0.583. The number of nitriles is 1. The minimum atomic E-state index is -2.07. The van der Waals surface area contributed by atoms with Crippen molar-refractivity contribution in [2.45, 2.75) is 64.6 Å². The van der Waals surface area contributed by atoms with Gasteiger partial charge in [0.25, 0.3) is 8.32 Å². The number of rotatable bonds is 4. The number of fused-ring (bicyclic) bond motifs is 1. The Hall–Kier alpha value is -2.03. The summed E-state index contributed by atoms with van der Waals surface area (Å²) in [5.74, 6) is 0.700. The summed E-state index contributed by atoms with van der Waals surface area (Å²) in [6.45, 7) is 16.4. The highest BCUT2D eigenvalue weighted by Crippen LogP contribution is 2.42. The fraction of sp³-hybridized carbons (Fsp3) is 0.478. The number of hydrogen-bond acceptors (Lipinski definition) is 4. The number of pyridine rings is 1. The standard InChI is InChI=1S/C23H30ClN3OSi/c1-22(2,3)29(6,7)28-21-16(10-15-8-9-18(24)11-17(15)13-25)12-19-20(27-21)23(4,5)14-26-19/h8-9,11-12,26H,10,14H2,1-7H3. The summed E-state index contributed by atoms with van der Waals surface area (Å²) < 4.78 is 6.68. The molecule has 0 atom stereocenters. The van der Waals surface area contributed by atoms with E-state index in [1.165, 1.54) is 0 Å². The molecular weight excluding hydrogens is 398 g/mol. The molecule has 1 aliphatic heterocycles. The van der Waals surface area contributed by atoms with Crippen LogP contribution in [0, 0.1) is 11.3 Å². The van der Waals surface area contributed by atoms with Crippen molar-refractivity contribution in [3.05, 3.63) is 51.7 Å². The molecule has 0 fully saturated rings. The van der Waals surface area contributed by atoms with Crippen LogP contribution in [0.2, 0.25) is 23.2 Å². The van der Waals surface area contributed by atoms with Crippen molar-refractivity contribution in [1.29, 1.82) is 5.26 Å². The molecule has 1 aromatic heterocycles.